The van der Waals surface area contributed by atoms with Crippen molar-refractivity contribution in [3.8, 4) is 5.75 Å². The van der Waals surface area contributed by atoms with Gasteiger partial charge in [-0.3, -0.25) is 4.90 Å². The van der Waals surface area contributed by atoms with Crippen molar-refractivity contribution in [2.45, 2.75) is 32.2 Å². The molecule has 0 amide bonds. The number of rotatable bonds is 2. The monoisotopic (exact) mass is 325 g/mol. The van der Waals surface area contributed by atoms with E-state index in [4.69, 9.17) is 9.15 Å². The Morgan fingerprint density at radius 2 is 1.91 bits per heavy atom. The summed E-state index contributed by atoms with van der Waals surface area (Å²) in [5, 5.41) is 0. The van der Waals surface area contributed by atoms with Crippen LogP contribution in [0, 0.1) is 6.92 Å². The summed E-state index contributed by atoms with van der Waals surface area (Å²) in [6.07, 6.45) is -3.80. The summed E-state index contributed by atoms with van der Waals surface area (Å²) in [5.41, 5.74) is 0.303. The molecule has 2 heterocycles. The maximum absolute atomic E-state index is 12.6. The van der Waals surface area contributed by atoms with Crippen LogP contribution in [0.1, 0.15) is 35.2 Å². The van der Waals surface area contributed by atoms with Crippen molar-refractivity contribution in [3.63, 3.8) is 0 Å². The summed E-state index contributed by atoms with van der Waals surface area (Å²) >= 11 is 0. The van der Waals surface area contributed by atoms with E-state index in [-0.39, 0.29) is 6.10 Å². The fourth-order valence-electron chi connectivity index (χ4n) is 2.80. The smallest absolute Gasteiger partial charge is 0.416 e. The van der Waals surface area contributed by atoms with Gasteiger partial charge < -0.3 is 9.15 Å². The number of alkyl halides is 3. The highest BCUT2D eigenvalue weighted by atomic mass is 19.4. The third-order valence-electron chi connectivity index (χ3n) is 3.96. The van der Waals surface area contributed by atoms with Gasteiger partial charge in [-0.1, -0.05) is 0 Å². The molecule has 124 valence electrons. The van der Waals surface area contributed by atoms with Crippen molar-refractivity contribution in [3.05, 3.63) is 53.0 Å². The fraction of sp³-hybridized carbons (Fsp3) is 0.412. The van der Waals surface area contributed by atoms with Gasteiger partial charge >= 0.3 is 6.18 Å². The summed E-state index contributed by atoms with van der Waals surface area (Å²) in [5.74, 6) is 2.10. The van der Waals surface area contributed by atoms with Crippen molar-refractivity contribution in [1.82, 2.24) is 4.90 Å². The Hall–Kier alpha value is -1.95. The van der Waals surface area contributed by atoms with Crippen LogP contribution in [0.5, 0.6) is 5.75 Å². The molecule has 0 saturated carbocycles. The van der Waals surface area contributed by atoms with Gasteiger partial charge in [0.1, 0.15) is 23.4 Å². The Morgan fingerprint density at radius 1 is 1.22 bits per heavy atom. The molecule has 0 fully saturated rings. The predicted octanol–water partition coefficient (Wildman–Crippen LogP) is 4.56. The molecule has 0 N–H and O–H groups in total. The SMILES string of the molecule is Cc1cc2c(o1)CN(C)CCC2Oc1ccc(C(F)(F)F)cc1. The van der Waals surface area contributed by atoms with Gasteiger partial charge in [-0.05, 0) is 44.3 Å². The molecule has 1 aliphatic heterocycles. The highest BCUT2D eigenvalue weighted by molar-refractivity contribution is 5.31. The summed E-state index contributed by atoms with van der Waals surface area (Å²) in [6.45, 7) is 3.41. The molecule has 1 aliphatic rings. The third kappa shape index (κ3) is 3.52. The first-order valence-electron chi connectivity index (χ1n) is 7.44. The van der Waals surface area contributed by atoms with Crippen LogP contribution >= 0.6 is 0 Å². The number of hydrogen-bond acceptors (Lipinski definition) is 3. The maximum atomic E-state index is 12.6. The Bertz CT molecular complexity index is 676. The van der Waals surface area contributed by atoms with Crippen molar-refractivity contribution >= 4 is 0 Å². The first-order valence-corrected chi connectivity index (χ1v) is 7.44. The van der Waals surface area contributed by atoms with Gasteiger partial charge in [-0.2, -0.15) is 13.2 Å². The molecule has 0 aliphatic carbocycles. The fourth-order valence-corrected chi connectivity index (χ4v) is 2.80. The number of nitrogens with zero attached hydrogens (tertiary/aromatic N) is 1. The molecule has 1 unspecified atom stereocenters. The number of aryl methyl sites for hydroxylation is 1. The molecule has 23 heavy (non-hydrogen) atoms. The van der Waals surface area contributed by atoms with Crippen LogP contribution in [-0.2, 0) is 12.7 Å². The molecule has 3 rings (SSSR count). The molecule has 0 saturated heterocycles. The lowest BCUT2D eigenvalue weighted by molar-refractivity contribution is -0.137. The molecule has 1 atom stereocenters. The Kier molecular flexibility index (Phi) is 4.10. The molecule has 3 nitrogen and oxygen atoms in total. The van der Waals surface area contributed by atoms with Crippen LogP contribution < -0.4 is 4.74 Å². The van der Waals surface area contributed by atoms with E-state index in [1.54, 1.807) is 0 Å². The second-order valence-corrected chi connectivity index (χ2v) is 5.89. The second-order valence-electron chi connectivity index (χ2n) is 5.89. The topological polar surface area (TPSA) is 25.6 Å². The van der Waals surface area contributed by atoms with Gasteiger partial charge in [-0.25, -0.2) is 0 Å². The summed E-state index contributed by atoms with van der Waals surface area (Å²) in [6, 6.07) is 6.76. The summed E-state index contributed by atoms with van der Waals surface area (Å²) in [4.78, 5) is 2.14. The van der Waals surface area contributed by atoms with Gasteiger partial charge in [-0.15, -0.1) is 0 Å². The normalized spacial score (nSPS) is 19.3. The number of furan rings is 1. The lowest BCUT2D eigenvalue weighted by atomic mass is 10.1. The van der Waals surface area contributed by atoms with Gasteiger partial charge in [0.05, 0.1) is 12.1 Å². The van der Waals surface area contributed by atoms with Gasteiger partial charge in [0, 0.05) is 18.5 Å². The third-order valence-corrected chi connectivity index (χ3v) is 3.96. The molecule has 2 aromatic rings. The molecule has 0 radical (unpaired) electrons. The van der Waals surface area contributed by atoms with E-state index in [2.05, 4.69) is 4.90 Å². The summed E-state index contributed by atoms with van der Waals surface area (Å²) in [7, 11) is 2.00. The molecular weight excluding hydrogens is 307 g/mol. The van der Waals surface area contributed by atoms with Crippen LogP contribution in [0.15, 0.2) is 34.7 Å². The van der Waals surface area contributed by atoms with Crippen molar-refractivity contribution in [1.29, 1.82) is 0 Å². The standard InChI is InChI=1S/C17H18F3NO2/c1-11-9-14-15(7-8-21(2)10-16(14)22-11)23-13-5-3-12(4-6-13)17(18,19)20/h3-6,9,15H,7-8,10H2,1-2H3. The molecule has 0 spiro atoms. The van der Waals surface area contributed by atoms with Crippen LogP contribution in [-0.4, -0.2) is 18.5 Å². The van der Waals surface area contributed by atoms with Crippen LogP contribution in [0.25, 0.3) is 0 Å². The number of halogens is 3. The quantitative estimate of drug-likeness (QED) is 0.809. The average Bonchev–Trinajstić information content (AvgIpc) is 2.77. The zero-order chi connectivity index (χ0) is 16.6. The molecule has 0 bridgehead atoms. The highest BCUT2D eigenvalue weighted by Crippen LogP contribution is 2.34. The van der Waals surface area contributed by atoms with Crippen LogP contribution in [0.3, 0.4) is 0 Å². The Balaban J connectivity index is 1.82. The predicted molar refractivity (Wildman–Crippen MR) is 79.2 cm³/mol. The lowest BCUT2D eigenvalue weighted by Gasteiger charge is -2.18. The second kappa shape index (κ2) is 5.92. The number of hydrogen-bond donors (Lipinski definition) is 0. The van der Waals surface area contributed by atoms with Crippen LogP contribution in [0.4, 0.5) is 13.2 Å². The first-order chi connectivity index (χ1) is 10.8. The maximum Gasteiger partial charge on any atom is 0.416 e. The summed E-state index contributed by atoms with van der Waals surface area (Å²) < 4.78 is 49.5. The number of benzene rings is 1. The van der Waals surface area contributed by atoms with Crippen molar-refractivity contribution in [2.24, 2.45) is 0 Å². The van der Waals surface area contributed by atoms with Crippen molar-refractivity contribution < 1.29 is 22.3 Å². The first kappa shape index (κ1) is 15.9. The molecule has 1 aromatic heterocycles. The zero-order valence-corrected chi connectivity index (χ0v) is 13.0. The lowest BCUT2D eigenvalue weighted by Crippen LogP contribution is -2.18. The van der Waals surface area contributed by atoms with Gasteiger partial charge in [0.2, 0.25) is 0 Å². The van der Waals surface area contributed by atoms with E-state index < -0.39 is 11.7 Å². The van der Waals surface area contributed by atoms with Gasteiger partial charge in [0.25, 0.3) is 0 Å². The van der Waals surface area contributed by atoms with E-state index in [0.29, 0.717) is 12.3 Å². The van der Waals surface area contributed by atoms with E-state index in [1.807, 2.05) is 20.0 Å². The number of fused-ring (bicyclic) bond motifs is 1. The molecular formula is C17H18F3NO2. The number of ether oxygens (including phenoxy) is 1. The minimum atomic E-state index is -4.33. The van der Waals surface area contributed by atoms with Crippen LogP contribution in [0.2, 0.25) is 0 Å². The van der Waals surface area contributed by atoms with Crippen molar-refractivity contribution in [2.75, 3.05) is 13.6 Å². The van der Waals surface area contributed by atoms with Gasteiger partial charge in [0.15, 0.2) is 0 Å². The highest BCUT2D eigenvalue weighted by Gasteiger charge is 2.30. The van der Waals surface area contributed by atoms with E-state index >= 15 is 0 Å². The van der Waals surface area contributed by atoms with E-state index in [1.165, 1.54) is 12.1 Å². The zero-order valence-electron chi connectivity index (χ0n) is 13.0. The Morgan fingerprint density at radius 3 is 2.57 bits per heavy atom. The average molecular weight is 325 g/mol. The molecule has 1 aromatic carbocycles. The molecule has 6 heteroatoms. The minimum absolute atomic E-state index is 0.218. The van der Waals surface area contributed by atoms with E-state index in [9.17, 15) is 13.2 Å². The Labute approximate surface area is 132 Å². The minimum Gasteiger partial charge on any atom is -0.486 e. The van der Waals surface area contributed by atoms with E-state index in [0.717, 1.165) is 42.2 Å². The largest absolute Gasteiger partial charge is 0.486 e.